The molecule has 0 aliphatic heterocycles. The van der Waals surface area contributed by atoms with E-state index in [1.807, 2.05) is 13.0 Å². The topological polar surface area (TPSA) is 0 Å². The summed E-state index contributed by atoms with van der Waals surface area (Å²) in [5, 5.41) is 0. The van der Waals surface area contributed by atoms with Crippen molar-refractivity contribution in [3.8, 4) is 22.3 Å². The summed E-state index contributed by atoms with van der Waals surface area (Å²) < 4.78 is 44.8. The molecule has 0 N–H and O–H groups in total. The molecule has 0 atom stereocenters. The van der Waals surface area contributed by atoms with Crippen LogP contribution in [0.15, 0.2) is 18.2 Å². The Hall–Kier alpha value is -1.77. The van der Waals surface area contributed by atoms with Crippen LogP contribution in [-0.2, 0) is 6.42 Å². The van der Waals surface area contributed by atoms with E-state index in [0.717, 1.165) is 43.6 Å². The number of benzene rings is 2. The lowest BCUT2D eigenvalue weighted by molar-refractivity contribution is 0.298. The minimum atomic E-state index is -0.859. The third kappa shape index (κ3) is 3.62. The fourth-order valence-electron chi connectivity index (χ4n) is 5.33. The first kappa shape index (κ1) is 20.5. The van der Waals surface area contributed by atoms with Gasteiger partial charge in [-0.3, -0.25) is 0 Å². The zero-order valence-electron chi connectivity index (χ0n) is 17.6. The van der Waals surface area contributed by atoms with Crippen LogP contribution in [0.25, 0.3) is 22.3 Å². The van der Waals surface area contributed by atoms with Gasteiger partial charge in [0.15, 0.2) is 11.6 Å². The van der Waals surface area contributed by atoms with Crippen LogP contribution in [0.3, 0.4) is 0 Å². The second-order valence-electron chi connectivity index (χ2n) is 8.94. The predicted molar refractivity (Wildman–Crippen MR) is 114 cm³/mol. The molecule has 156 valence electrons. The zero-order chi connectivity index (χ0) is 20.5. The number of aryl methyl sites for hydroxylation is 1. The van der Waals surface area contributed by atoms with Crippen molar-refractivity contribution in [2.75, 3.05) is 0 Å². The molecule has 3 heteroatoms. The monoisotopic (exact) mass is 400 g/mol. The Bertz CT molecular complexity index is 892. The third-order valence-electron chi connectivity index (χ3n) is 7.02. The smallest absolute Gasteiger partial charge is 0.167 e. The average molecular weight is 401 g/mol. The maximum absolute atomic E-state index is 15.0. The summed E-state index contributed by atoms with van der Waals surface area (Å²) in [6.45, 7) is 4.20. The van der Waals surface area contributed by atoms with Gasteiger partial charge in [-0.05, 0) is 72.3 Å². The maximum atomic E-state index is 15.0. The van der Waals surface area contributed by atoms with Crippen LogP contribution >= 0.6 is 0 Å². The molecule has 2 aliphatic rings. The van der Waals surface area contributed by atoms with Crippen molar-refractivity contribution in [1.29, 1.82) is 0 Å². The summed E-state index contributed by atoms with van der Waals surface area (Å²) in [6.07, 6.45) is 10.5. The summed E-state index contributed by atoms with van der Waals surface area (Å²) >= 11 is 0. The highest BCUT2D eigenvalue weighted by Crippen LogP contribution is 2.53. The Labute approximate surface area is 172 Å². The molecule has 0 nitrogen and oxygen atoms in total. The lowest BCUT2D eigenvalue weighted by atomic mass is 9.73. The fourth-order valence-corrected chi connectivity index (χ4v) is 5.33. The first-order valence-electron chi connectivity index (χ1n) is 11.4. The molecule has 0 radical (unpaired) electrons. The number of fused-ring (bicyclic) bond motifs is 4. The fraction of sp³-hybridized carbons (Fsp3) is 0.538. The molecule has 0 heterocycles. The molecular formula is C26H31F3. The van der Waals surface area contributed by atoms with E-state index in [1.54, 1.807) is 12.1 Å². The molecule has 1 saturated carbocycles. The van der Waals surface area contributed by atoms with Crippen LogP contribution in [0.1, 0.15) is 88.7 Å². The van der Waals surface area contributed by atoms with Gasteiger partial charge in [-0.15, -0.1) is 0 Å². The van der Waals surface area contributed by atoms with Crippen LogP contribution in [0.4, 0.5) is 13.2 Å². The van der Waals surface area contributed by atoms with Gasteiger partial charge < -0.3 is 0 Å². The second-order valence-corrected chi connectivity index (χ2v) is 8.94. The SMILES string of the molecule is CCCCCC1CCC(c2cc3c(c(F)c2F)-c2c-3ccc(CCC)c2F)CC1. The predicted octanol–water partition coefficient (Wildman–Crippen LogP) is 8.56. The van der Waals surface area contributed by atoms with Gasteiger partial charge in [0, 0.05) is 11.1 Å². The van der Waals surface area contributed by atoms with Gasteiger partial charge in [0.1, 0.15) is 5.82 Å². The maximum Gasteiger partial charge on any atom is 0.167 e. The highest BCUT2D eigenvalue weighted by Gasteiger charge is 2.35. The van der Waals surface area contributed by atoms with Crippen LogP contribution in [0.5, 0.6) is 0 Å². The zero-order valence-corrected chi connectivity index (χ0v) is 17.6. The molecule has 0 bridgehead atoms. The number of hydrogen-bond acceptors (Lipinski definition) is 0. The van der Waals surface area contributed by atoms with E-state index >= 15 is 0 Å². The Morgan fingerprint density at radius 2 is 1.52 bits per heavy atom. The summed E-state index contributed by atoms with van der Waals surface area (Å²) in [5.41, 5.74) is 2.91. The first-order chi connectivity index (χ1) is 14.1. The molecule has 2 aromatic rings. The van der Waals surface area contributed by atoms with Crippen molar-refractivity contribution < 1.29 is 13.2 Å². The molecule has 0 unspecified atom stereocenters. The van der Waals surface area contributed by atoms with Crippen LogP contribution in [-0.4, -0.2) is 0 Å². The first-order valence-corrected chi connectivity index (χ1v) is 11.4. The average Bonchev–Trinajstić information content (AvgIpc) is 2.71. The highest BCUT2D eigenvalue weighted by atomic mass is 19.2. The summed E-state index contributed by atoms with van der Waals surface area (Å²) in [4.78, 5) is 0. The molecule has 1 fully saturated rings. The lowest BCUT2D eigenvalue weighted by Gasteiger charge is -2.32. The minimum absolute atomic E-state index is 0.0745. The van der Waals surface area contributed by atoms with Crippen LogP contribution < -0.4 is 0 Å². The summed E-state index contributed by atoms with van der Waals surface area (Å²) in [7, 11) is 0. The van der Waals surface area contributed by atoms with E-state index in [-0.39, 0.29) is 22.9 Å². The molecule has 0 spiro atoms. The van der Waals surface area contributed by atoms with Crippen molar-refractivity contribution in [2.45, 2.75) is 84.0 Å². The van der Waals surface area contributed by atoms with Gasteiger partial charge in [-0.1, -0.05) is 58.1 Å². The number of rotatable bonds is 7. The van der Waals surface area contributed by atoms with Gasteiger partial charge in [-0.2, -0.15) is 0 Å². The molecule has 0 aromatic heterocycles. The number of unbranched alkanes of at least 4 members (excludes halogenated alkanes) is 2. The van der Waals surface area contributed by atoms with Crippen molar-refractivity contribution in [3.05, 3.63) is 46.8 Å². The van der Waals surface area contributed by atoms with Gasteiger partial charge in [-0.25, -0.2) is 13.2 Å². The Balaban J connectivity index is 1.56. The van der Waals surface area contributed by atoms with Gasteiger partial charge in [0.05, 0.1) is 0 Å². The van der Waals surface area contributed by atoms with E-state index in [2.05, 4.69) is 6.92 Å². The van der Waals surface area contributed by atoms with Gasteiger partial charge in [0.25, 0.3) is 0 Å². The van der Waals surface area contributed by atoms with E-state index in [4.69, 9.17) is 0 Å². The van der Waals surface area contributed by atoms with E-state index in [9.17, 15) is 13.2 Å². The molecule has 29 heavy (non-hydrogen) atoms. The largest absolute Gasteiger partial charge is 0.206 e. The minimum Gasteiger partial charge on any atom is -0.206 e. The third-order valence-corrected chi connectivity index (χ3v) is 7.02. The molecule has 2 aliphatic carbocycles. The van der Waals surface area contributed by atoms with Crippen molar-refractivity contribution >= 4 is 0 Å². The van der Waals surface area contributed by atoms with E-state index in [0.29, 0.717) is 23.1 Å². The summed E-state index contributed by atoms with van der Waals surface area (Å²) in [5.74, 6) is -1.20. The molecule has 0 saturated heterocycles. The lowest BCUT2D eigenvalue weighted by Crippen LogP contribution is -2.17. The molecule has 0 amide bonds. The van der Waals surface area contributed by atoms with E-state index in [1.165, 1.54) is 25.7 Å². The standard InChI is InChI=1S/C26H31F3/c1-3-5-6-8-16-9-11-17(12-10-16)20-15-21-19-14-13-18(7-4-2)24(27)22(19)23(21)26(29)25(20)28/h13-17H,3-12H2,1-2H3. The van der Waals surface area contributed by atoms with Crippen molar-refractivity contribution in [3.63, 3.8) is 0 Å². The van der Waals surface area contributed by atoms with Gasteiger partial charge in [0.2, 0.25) is 0 Å². The van der Waals surface area contributed by atoms with Crippen molar-refractivity contribution in [2.24, 2.45) is 5.92 Å². The molecule has 4 rings (SSSR count). The number of halogens is 3. The highest BCUT2D eigenvalue weighted by molar-refractivity contribution is 6.03. The Morgan fingerprint density at radius 1 is 0.793 bits per heavy atom. The molecule has 2 aromatic carbocycles. The van der Waals surface area contributed by atoms with Crippen LogP contribution in [0, 0.1) is 23.4 Å². The van der Waals surface area contributed by atoms with Gasteiger partial charge >= 0.3 is 0 Å². The van der Waals surface area contributed by atoms with Crippen LogP contribution in [0.2, 0.25) is 0 Å². The second kappa shape index (κ2) is 8.53. The van der Waals surface area contributed by atoms with E-state index < -0.39 is 11.6 Å². The molecular weight excluding hydrogens is 369 g/mol. The Morgan fingerprint density at radius 3 is 2.21 bits per heavy atom. The Kier molecular flexibility index (Phi) is 6.03. The normalized spacial score (nSPS) is 20.2. The quantitative estimate of drug-likeness (QED) is 0.348. The summed E-state index contributed by atoms with van der Waals surface area (Å²) in [6, 6.07) is 5.47. The van der Waals surface area contributed by atoms with Crippen molar-refractivity contribution in [1.82, 2.24) is 0 Å². The number of hydrogen-bond donors (Lipinski definition) is 0.